The predicted molar refractivity (Wildman–Crippen MR) is 162 cm³/mol. The normalized spacial score (nSPS) is 16.4. The first-order valence-electron chi connectivity index (χ1n) is 13.2. The van der Waals surface area contributed by atoms with Crippen LogP contribution in [0.3, 0.4) is 0 Å². The summed E-state index contributed by atoms with van der Waals surface area (Å²) < 4.78 is 19.6. The SMILES string of the molecule is Cc1cc(/C=c2/sc3n(c2=O)[C@H](c2ccc(F)cc2)C2=C(N=3)c3ccccc3CC2)c(C)n1-c1ccc(Br)cc1. The lowest BCUT2D eigenvalue weighted by Crippen LogP contribution is -2.38. The highest BCUT2D eigenvalue weighted by atomic mass is 79.9. The number of nitrogens with zero attached hydrogens (tertiary/aromatic N) is 3. The average Bonchev–Trinajstić information content (AvgIpc) is 3.42. The highest BCUT2D eigenvalue weighted by Gasteiger charge is 2.32. The van der Waals surface area contributed by atoms with E-state index in [2.05, 4.69) is 70.7 Å². The van der Waals surface area contributed by atoms with Gasteiger partial charge in [0.05, 0.1) is 16.3 Å². The van der Waals surface area contributed by atoms with E-state index >= 15 is 0 Å². The Labute approximate surface area is 243 Å². The Morgan fingerprint density at radius 1 is 1.00 bits per heavy atom. The van der Waals surface area contributed by atoms with Crippen LogP contribution < -0.4 is 14.9 Å². The van der Waals surface area contributed by atoms with E-state index in [4.69, 9.17) is 4.99 Å². The molecule has 0 radical (unpaired) electrons. The second-order valence-electron chi connectivity index (χ2n) is 10.3. The van der Waals surface area contributed by atoms with E-state index in [1.54, 1.807) is 12.1 Å². The molecule has 1 aliphatic heterocycles. The van der Waals surface area contributed by atoms with Crippen LogP contribution in [-0.4, -0.2) is 9.13 Å². The summed E-state index contributed by atoms with van der Waals surface area (Å²) >= 11 is 4.93. The molecule has 3 aromatic carbocycles. The lowest BCUT2D eigenvalue weighted by molar-refractivity contribution is 0.581. The van der Waals surface area contributed by atoms with Crippen molar-refractivity contribution in [3.63, 3.8) is 0 Å². The summed E-state index contributed by atoms with van der Waals surface area (Å²) in [6, 6.07) is 24.9. The maximum absolute atomic E-state index is 14.1. The van der Waals surface area contributed by atoms with Gasteiger partial charge in [-0.1, -0.05) is 63.7 Å². The van der Waals surface area contributed by atoms with Crippen LogP contribution in [0.4, 0.5) is 4.39 Å². The molecule has 2 aliphatic rings. The second-order valence-corrected chi connectivity index (χ2v) is 12.2. The van der Waals surface area contributed by atoms with Gasteiger partial charge in [-0.3, -0.25) is 9.36 Å². The Hall–Kier alpha value is -3.81. The van der Waals surface area contributed by atoms with Crippen LogP contribution in [0, 0.1) is 19.7 Å². The number of fused-ring (bicyclic) bond motifs is 3. The van der Waals surface area contributed by atoms with Crippen molar-refractivity contribution in [3.05, 3.63) is 148 Å². The minimum atomic E-state index is -0.322. The average molecular weight is 611 g/mol. The monoisotopic (exact) mass is 609 g/mol. The Kier molecular flexibility index (Phi) is 6.09. The van der Waals surface area contributed by atoms with Gasteiger partial charge in [0.2, 0.25) is 0 Å². The van der Waals surface area contributed by atoms with Crippen molar-refractivity contribution in [2.45, 2.75) is 32.7 Å². The molecule has 5 aromatic rings. The standard InChI is InChI=1S/C33H25BrFN3OS/c1-19-17-23(20(2)37(19)26-14-10-24(34)11-15-26)18-29-32(39)38-31(22-7-12-25(35)13-8-22)28-16-9-21-5-3-4-6-27(21)30(28)36-33(38)40-29/h3-8,10-15,17-18,31H,9,16H2,1-2H3/b29-18+/t31-/m1/s1. The van der Waals surface area contributed by atoms with Crippen molar-refractivity contribution in [2.75, 3.05) is 0 Å². The van der Waals surface area contributed by atoms with E-state index in [9.17, 15) is 9.18 Å². The number of halogens is 2. The number of hydrogen-bond donors (Lipinski definition) is 0. The van der Waals surface area contributed by atoms with Crippen molar-refractivity contribution in [1.29, 1.82) is 0 Å². The number of rotatable bonds is 3. The zero-order chi connectivity index (χ0) is 27.5. The number of aryl methyl sites for hydroxylation is 2. The van der Waals surface area contributed by atoms with Gasteiger partial charge < -0.3 is 4.57 Å². The lowest BCUT2D eigenvalue weighted by Gasteiger charge is -2.30. The first kappa shape index (κ1) is 25.2. The third kappa shape index (κ3) is 4.07. The molecule has 7 rings (SSSR count). The van der Waals surface area contributed by atoms with E-state index in [-0.39, 0.29) is 17.4 Å². The smallest absolute Gasteiger partial charge is 0.271 e. The highest BCUT2D eigenvalue weighted by Crippen LogP contribution is 2.41. The molecule has 198 valence electrons. The van der Waals surface area contributed by atoms with E-state index < -0.39 is 0 Å². The zero-order valence-electron chi connectivity index (χ0n) is 22.0. The molecule has 0 spiro atoms. The summed E-state index contributed by atoms with van der Waals surface area (Å²) in [6.45, 7) is 4.16. The van der Waals surface area contributed by atoms with Crippen molar-refractivity contribution >= 4 is 39.0 Å². The molecule has 0 unspecified atom stereocenters. The maximum atomic E-state index is 14.1. The topological polar surface area (TPSA) is 39.3 Å². The minimum absolute atomic E-state index is 0.0723. The van der Waals surface area contributed by atoms with E-state index in [0.29, 0.717) is 9.33 Å². The van der Waals surface area contributed by atoms with Crippen LogP contribution in [0.1, 0.15) is 46.1 Å². The van der Waals surface area contributed by atoms with Crippen LogP contribution in [0.5, 0.6) is 0 Å². The quantitative estimate of drug-likeness (QED) is 0.226. The highest BCUT2D eigenvalue weighted by molar-refractivity contribution is 9.10. The number of aromatic nitrogens is 2. The van der Waals surface area contributed by atoms with Crippen LogP contribution in [0.2, 0.25) is 0 Å². The molecule has 0 fully saturated rings. The number of hydrogen-bond acceptors (Lipinski definition) is 3. The summed E-state index contributed by atoms with van der Waals surface area (Å²) in [7, 11) is 0. The molecule has 2 aromatic heterocycles. The number of benzene rings is 3. The van der Waals surface area contributed by atoms with Gasteiger partial charge in [-0.25, -0.2) is 9.38 Å². The molecule has 0 amide bonds. The van der Waals surface area contributed by atoms with Gasteiger partial charge in [0, 0.05) is 27.1 Å². The first-order valence-corrected chi connectivity index (χ1v) is 14.8. The molecule has 4 nitrogen and oxygen atoms in total. The van der Waals surface area contributed by atoms with Crippen molar-refractivity contribution < 1.29 is 4.39 Å². The molecule has 0 N–H and O–H groups in total. The van der Waals surface area contributed by atoms with Crippen LogP contribution in [0.15, 0.2) is 98.7 Å². The van der Waals surface area contributed by atoms with Gasteiger partial charge in [-0.2, -0.15) is 0 Å². The van der Waals surface area contributed by atoms with Crippen LogP contribution >= 0.6 is 27.3 Å². The molecule has 1 atom stereocenters. The Morgan fingerprint density at radius 3 is 2.52 bits per heavy atom. The van der Waals surface area contributed by atoms with E-state index in [1.165, 1.54) is 29.0 Å². The molecular weight excluding hydrogens is 585 g/mol. The lowest BCUT2D eigenvalue weighted by atomic mass is 9.83. The second kappa shape index (κ2) is 9.68. The number of allylic oxidation sites excluding steroid dienone is 1. The molecule has 40 heavy (non-hydrogen) atoms. The number of thiazole rings is 1. The maximum Gasteiger partial charge on any atom is 0.271 e. The van der Waals surface area contributed by atoms with Crippen molar-refractivity contribution in [1.82, 2.24) is 9.13 Å². The van der Waals surface area contributed by atoms with Crippen molar-refractivity contribution in [2.24, 2.45) is 4.99 Å². The van der Waals surface area contributed by atoms with Gasteiger partial charge in [0.25, 0.3) is 5.56 Å². The first-order chi connectivity index (χ1) is 19.4. The van der Waals surface area contributed by atoms with Gasteiger partial charge in [0.1, 0.15) is 5.82 Å². The third-order valence-corrected chi connectivity index (χ3v) is 9.41. The fraction of sp³-hybridized carbons (Fsp3) is 0.152. The Morgan fingerprint density at radius 2 is 1.75 bits per heavy atom. The van der Waals surface area contributed by atoms with E-state index in [1.807, 2.05) is 28.8 Å². The fourth-order valence-electron chi connectivity index (χ4n) is 6.03. The molecule has 7 heteroatoms. The summed E-state index contributed by atoms with van der Waals surface area (Å²) in [5.41, 5.74) is 9.48. The third-order valence-electron chi connectivity index (χ3n) is 7.90. The van der Waals surface area contributed by atoms with E-state index in [0.717, 1.165) is 62.4 Å². The Bertz CT molecular complexity index is 2010. The molecular formula is C33H25BrFN3OS. The molecule has 0 saturated carbocycles. The summed E-state index contributed by atoms with van der Waals surface area (Å²) in [4.78, 5) is 19.8. The molecule has 1 aliphatic carbocycles. The molecule has 0 bridgehead atoms. The predicted octanol–water partition coefficient (Wildman–Crippen LogP) is 6.63. The molecule has 3 heterocycles. The van der Waals surface area contributed by atoms with Crippen LogP contribution in [0.25, 0.3) is 17.5 Å². The fourth-order valence-corrected chi connectivity index (χ4v) is 7.29. The molecule has 0 saturated heterocycles. The Balaban J connectivity index is 1.43. The van der Waals surface area contributed by atoms with Crippen LogP contribution in [-0.2, 0) is 6.42 Å². The largest absolute Gasteiger partial charge is 0.318 e. The van der Waals surface area contributed by atoms with Gasteiger partial charge >= 0.3 is 0 Å². The summed E-state index contributed by atoms with van der Waals surface area (Å²) in [5, 5.41) is 0. The van der Waals surface area contributed by atoms with Gasteiger partial charge in [-0.05, 0) is 97.5 Å². The van der Waals surface area contributed by atoms with Gasteiger partial charge in [-0.15, -0.1) is 0 Å². The summed E-state index contributed by atoms with van der Waals surface area (Å²) in [6.07, 6.45) is 3.67. The summed E-state index contributed by atoms with van der Waals surface area (Å²) in [5.74, 6) is -0.291. The van der Waals surface area contributed by atoms with Gasteiger partial charge in [0.15, 0.2) is 4.80 Å². The minimum Gasteiger partial charge on any atom is -0.318 e. The van der Waals surface area contributed by atoms with Crippen molar-refractivity contribution in [3.8, 4) is 5.69 Å². The zero-order valence-corrected chi connectivity index (χ0v) is 24.4.